The van der Waals surface area contributed by atoms with Gasteiger partial charge in [0.15, 0.2) is 0 Å². The number of hydrogen-bond donors (Lipinski definition) is 0. The van der Waals surface area contributed by atoms with Gasteiger partial charge in [0.2, 0.25) is 0 Å². The van der Waals surface area contributed by atoms with Crippen molar-refractivity contribution in [3.8, 4) is 11.5 Å². The van der Waals surface area contributed by atoms with Crippen molar-refractivity contribution in [2.75, 3.05) is 6.61 Å². The largest absolute Gasteiger partial charge is 0.488 e. The number of benzene rings is 2. The summed E-state index contributed by atoms with van der Waals surface area (Å²) < 4.78 is 50.9. The summed E-state index contributed by atoms with van der Waals surface area (Å²) in [6, 6.07) is 7.57. The summed E-state index contributed by atoms with van der Waals surface area (Å²) in [5.41, 5.74) is 1.88. The lowest BCUT2D eigenvalue weighted by Gasteiger charge is -2.20. The molecular formula is C20H17F3O3. The molecule has 6 heteroatoms. The van der Waals surface area contributed by atoms with Crippen LogP contribution in [0.2, 0.25) is 0 Å². The van der Waals surface area contributed by atoms with E-state index < -0.39 is 11.7 Å². The van der Waals surface area contributed by atoms with Crippen molar-refractivity contribution in [1.82, 2.24) is 0 Å². The molecule has 136 valence electrons. The molecule has 1 aliphatic heterocycles. The predicted octanol–water partition coefficient (Wildman–Crippen LogP) is 4.88. The molecule has 0 fully saturated rings. The summed E-state index contributed by atoms with van der Waals surface area (Å²) in [7, 11) is 0. The minimum Gasteiger partial charge on any atom is -0.488 e. The maximum absolute atomic E-state index is 13.2. The van der Waals surface area contributed by atoms with E-state index in [1.807, 2.05) is 0 Å². The first kappa shape index (κ1) is 18.0. The summed E-state index contributed by atoms with van der Waals surface area (Å²) in [6.45, 7) is 3.35. The third kappa shape index (κ3) is 3.59. The van der Waals surface area contributed by atoms with E-state index in [2.05, 4.69) is 0 Å². The second-order valence-corrected chi connectivity index (χ2v) is 6.18. The lowest BCUT2D eigenvalue weighted by Crippen LogP contribution is -2.12. The molecular weight excluding hydrogens is 345 g/mol. The fourth-order valence-corrected chi connectivity index (χ4v) is 2.86. The Hall–Kier alpha value is -2.76. The molecule has 3 nitrogen and oxygen atoms in total. The van der Waals surface area contributed by atoms with Crippen molar-refractivity contribution < 1.29 is 27.4 Å². The number of aldehydes is 1. The van der Waals surface area contributed by atoms with E-state index in [1.54, 1.807) is 38.1 Å². The van der Waals surface area contributed by atoms with E-state index in [9.17, 15) is 18.0 Å². The second kappa shape index (κ2) is 6.86. The van der Waals surface area contributed by atoms with E-state index >= 15 is 0 Å². The van der Waals surface area contributed by atoms with Crippen molar-refractivity contribution >= 4 is 12.4 Å². The smallest absolute Gasteiger partial charge is 0.416 e. The Labute approximate surface area is 149 Å². The van der Waals surface area contributed by atoms with Gasteiger partial charge in [-0.3, -0.25) is 4.79 Å². The first-order valence-corrected chi connectivity index (χ1v) is 8.01. The number of fused-ring (bicyclic) bond motifs is 1. The molecule has 1 aliphatic rings. The Bertz CT molecular complexity index is 883. The van der Waals surface area contributed by atoms with Gasteiger partial charge in [0.05, 0.1) is 5.56 Å². The first-order chi connectivity index (χ1) is 12.3. The number of ether oxygens (including phenoxy) is 2. The van der Waals surface area contributed by atoms with Crippen LogP contribution in [-0.4, -0.2) is 12.9 Å². The highest BCUT2D eigenvalue weighted by atomic mass is 19.4. The maximum atomic E-state index is 13.2. The van der Waals surface area contributed by atoms with Gasteiger partial charge in [-0.25, -0.2) is 0 Å². The highest BCUT2D eigenvalue weighted by Gasteiger charge is 2.33. The van der Waals surface area contributed by atoms with E-state index in [0.717, 1.165) is 17.9 Å². The molecule has 2 aromatic carbocycles. The summed E-state index contributed by atoms with van der Waals surface area (Å²) in [5.74, 6) is 1.02. The Kier molecular flexibility index (Phi) is 4.76. The van der Waals surface area contributed by atoms with E-state index in [1.165, 1.54) is 6.07 Å². The fourth-order valence-electron chi connectivity index (χ4n) is 2.86. The van der Waals surface area contributed by atoms with Gasteiger partial charge in [0.1, 0.15) is 31.0 Å². The number of hydrogen-bond acceptors (Lipinski definition) is 3. The molecule has 0 bridgehead atoms. The standard InChI is InChI=1S/C20H17F3O3/c1-12-3-4-16(17(7-12)20(21,22)23)11-25-18-6-5-15-8-14(9-24)10-26-19(15)13(18)2/h3-9H,10-11H2,1-2H3. The molecule has 26 heavy (non-hydrogen) atoms. The molecule has 0 amide bonds. The number of alkyl halides is 3. The summed E-state index contributed by atoms with van der Waals surface area (Å²) >= 11 is 0. The quantitative estimate of drug-likeness (QED) is 0.728. The molecule has 3 rings (SSSR count). The molecule has 0 saturated heterocycles. The number of carbonyl (C=O) groups excluding carboxylic acids is 1. The van der Waals surface area contributed by atoms with Crippen LogP contribution in [0.3, 0.4) is 0 Å². The number of halogens is 3. The molecule has 0 N–H and O–H groups in total. The Balaban J connectivity index is 1.86. The van der Waals surface area contributed by atoms with Gasteiger partial charge < -0.3 is 9.47 Å². The Morgan fingerprint density at radius 2 is 1.96 bits per heavy atom. The van der Waals surface area contributed by atoms with Crippen LogP contribution < -0.4 is 9.47 Å². The number of carbonyl (C=O) groups is 1. The summed E-state index contributed by atoms with van der Waals surface area (Å²) in [6.07, 6.45) is -1.97. The lowest BCUT2D eigenvalue weighted by molar-refractivity contribution is -0.138. The molecule has 0 saturated carbocycles. The molecule has 0 unspecified atom stereocenters. The third-order valence-electron chi connectivity index (χ3n) is 4.22. The molecule has 0 radical (unpaired) electrons. The van der Waals surface area contributed by atoms with E-state index in [0.29, 0.717) is 28.2 Å². The molecule has 0 spiro atoms. The van der Waals surface area contributed by atoms with Crippen molar-refractivity contribution in [1.29, 1.82) is 0 Å². The number of aryl methyl sites for hydroxylation is 1. The fraction of sp³-hybridized carbons (Fsp3) is 0.250. The van der Waals surface area contributed by atoms with Crippen LogP contribution in [0.5, 0.6) is 11.5 Å². The summed E-state index contributed by atoms with van der Waals surface area (Å²) in [5, 5.41) is 0. The summed E-state index contributed by atoms with van der Waals surface area (Å²) in [4.78, 5) is 10.9. The molecule has 2 aromatic rings. The third-order valence-corrected chi connectivity index (χ3v) is 4.22. The average molecular weight is 362 g/mol. The van der Waals surface area contributed by atoms with Crippen LogP contribution in [0.15, 0.2) is 35.9 Å². The van der Waals surface area contributed by atoms with Crippen molar-refractivity contribution in [3.63, 3.8) is 0 Å². The van der Waals surface area contributed by atoms with Crippen molar-refractivity contribution in [2.24, 2.45) is 0 Å². The van der Waals surface area contributed by atoms with Gasteiger partial charge in [-0.15, -0.1) is 0 Å². The lowest BCUT2D eigenvalue weighted by atomic mass is 10.0. The average Bonchev–Trinajstić information content (AvgIpc) is 2.61. The van der Waals surface area contributed by atoms with Crippen LogP contribution in [0.4, 0.5) is 13.2 Å². The zero-order valence-electron chi connectivity index (χ0n) is 14.3. The van der Waals surface area contributed by atoms with Crippen LogP contribution in [0.25, 0.3) is 6.08 Å². The first-order valence-electron chi connectivity index (χ1n) is 8.01. The maximum Gasteiger partial charge on any atom is 0.416 e. The van der Waals surface area contributed by atoms with E-state index in [-0.39, 0.29) is 18.8 Å². The predicted molar refractivity (Wildman–Crippen MR) is 91.2 cm³/mol. The van der Waals surface area contributed by atoms with Crippen LogP contribution in [0, 0.1) is 13.8 Å². The second-order valence-electron chi connectivity index (χ2n) is 6.18. The number of rotatable bonds is 4. The minimum absolute atomic E-state index is 0.0734. The van der Waals surface area contributed by atoms with Crippen LogP contribution in [-0.2, 0) is 17.6 Å². The molecule has 1 heterocycles. The van der Waals surface area contributed by atoms with Crippen LogP contribution in [0.1, 0.15) is 27.8 Å². The van der Waals surface area contributed by atoms with Gasteiger partial charge in [0.25, 0.3) is 0 Å². The minimum atomic E-state index is -4.44. The zero-order chi connectivity index (χ0) is 18.9. The van der Waals surface area contributed by atoms with Gasteiger partial charge in [-0.05, 0) is 38.1 Å². The van der Waals surface area contributed by atoms with Gasteiger partial charge in [0, 0.05) is 22.3 Å². The molecule has 0 atom stereocenters. The van der Waals surface area contributed by atoms with Crippen molar-refractivity contribution in [2.45, 2.75) is 26.6 Å². The Morgan fingerprint density at radius 3 is 2.65 bits per heavy atom. The zero-order valence-corrected chi connectivity index (χ0v) is 14.3. The van der Waals surface area contributed by atoms with Gasteiger partial charge in [-0.2, -0.15) is 13.2 Å². The monoisotopic (exact) mass is 362 g/mol. The van der Waals surface area contributed by atoms with E-state index in [4.69, 9.17) is 9.47 Å². The topological polar surface area (TPSA) is 35.5 Å². The highest BCUT2D eigenvalue weighted by Crippen LogP contribution is 2.37. The normalized spacial score (nSPS) is 13.5. The SMILES string of the molecule is Cc1ccc(COc2ccc3c(c2C)OCC(C=O)=C3)c(C(F)(F)F)c1. The van der Waals surface area contributed by atoms with Crippen LogP contribution >= 0.6 is 0 Å². The van der Waals surface area contributed by atoms with Crippen molar-refractivity contribution in [3.05, 3.63) is 63.7 Å². The molecule has 0 aromatic heterocycles. The molecule has 0 aliphatic carbocycles. The highest BCUT2D eigenvalue weighted by molar-refractivity contribution is 5.84. The Morgan fingerprint density at radius 1 is 1.19 bits per heavy atom. The van der Waals surface area contributed by atoms with Gasteiger partial charge >= 0.3 is 6.18 Å². The van der Waals surface area contributed by atoms with Gasteiger partial charge in [-0.1, -0.05) is 17.7 Å².